The molecule has 0 heterocycles. The molecular weight excluding hydrogens is 366 g/mol. The number of benzene rings is 2. The van der Waals surface area contributed by atoms with Crippen molar-refractivity contribution in [3.8, 4) is 5.75 Å². The van der Waals surface area contributed by atoms with Crippen molar-refractivity contribution < 1.29 is 19.1 Å². The van der Waals surface area contributed by atoms with Crippen molar-refractivity contribution in [3.63, 3.8) is 0 Å². The molecule has 0 unspecified atom stereocenters. The molecule has 0 radical (unpaired) electrons. The van der Waals surface area contributed by atoms with Gasteiger partial charge in [-0.15, -0.1) is 0 Å². The molecule has 0 saturated heterocycles. The molecule has 0 spiro atoms. The van der Waals surface area contributed by atoms with Gasteiger partial charge < -0.3 is 14.8 Å². The van der Waals surface area contributed by atoms with Crippen LogP contribution in [0.2, 0.25) is 5.02 Å². The number of nitrogens with one attached hydrogen (secondary N) is 1. The molecule has 1 atom stereocenters. The maximum Gasteiger partial charge on any atom is 0.339 e. The third-order valence-electron chi connectivity index (χ3n) is 4.01. The summed E-state index contributed by atoms with van der Waals surface area (Å²) in [5, 5.41) is 3.00. The van der Waals surface area contributed by atoms with Crippen LogP contribution in [0.15, 0.2) is 36.4 Å². The van der Waals surface area contributed by atoms with Gasteiger partial charge in [-0.25, -0.2) is 4.79 Å². The van der Waals surface area contributed by atoms with Crippen LogP contribution in [0.4, 0.5) is 5.69 Å². The monoisotopic (exact) mass is 389 g/mol. The van der Waals surface area contributed by atoms with E-state index in [9.17, 15) is 9.59 Å². The molecule has 0 fully saturated rings. The van der Waals surface area contributed by atoms with Crippen molar-refractivity contribution in [2.45, 2.75) is 40.2 Å². The van der Waals surface area contributed by atoms with E-state index in [1.807, 2.05) is 39.0 Å². The van der Waals surface area contributed by atoms with E-state index in [2.05, 4.69) is 5.32 Å². The van der Waals surface area contributed by atoms with E-state index in [-0.39, 0.29) is 23.1 Å². The molecule has 144 valence electrons. The van der Waals surface area contributed by atoms with E-state index in [1.54, 1.807) is 13.0 Å². The first kappa shape index (κ1) is 20.8. The normalized spacial score (nSPS) is 11.6. The first-order valence-corrected chi connectivity index (χ1v) is 9.25. The summed E-state index contributed by atoms with van der Waals surface area (Å²) in [5.74, 6) is -0.0869. The zero-order valence-corrected chi connectivity index (χ0v) is 16.7. The summed E-state index contributed by atoms with van der Waals surface area (Å²) in [7, 11) is 0. The summed E-state index contributed by atoms with van der Waals surface area (Å²) >= 11 is 6.14. The van der Waals surface area contributed by atoms with Gasteiger partial charge in [0.2, 0.25) is 0 Å². The lowest BCUT2D eigenvalue weighted by molar-refractivity contribution is -0.122. The lowest BCUT2D eigenvalue weighted by atomic mass is 10.1. The van der Waals surface area contributed by atoms with Crippen LogP contribution in [0, 0.1) is 13.8 Å². The second kappa shape index (κ2) is 9.42. The fourth-order valence-corrected chi connectivity index (χ4v) is 2.76. The number of anilines is 1. The highest BCUT2D eigenvalue weighted by molar-refractivity contribution is 6.34. The van der Waals surface area contributed by atoms with Crippen molar-refractivity contribution >= 4 is 29.2 Å². The van der Waals surface area contributed by atoms with Gasteiger partial charge in [0.15, 0.2) is 6.10 Å². The number of carbonyl (C=O) groups is 2. The van der Waals surface area contributed by atoms with Gasteiger partial charge in [-0.2, -0.15) is 0 Å². The lowest BCUT2D eigenvalue weighted by Crippen LogP contribution is -2.32. The predicted molar refractivity (Wildman–Crippen MR) is 107 cm³/mol. The van der Waals surface area contributed by atoms with E-state index < -0.39 is 12.1 Å². The van der Waals surface area contributed by atoms with Crippen molar-refractivity contribution in [2.75, 3.05) is 11.9 Å². The Hall–Kier alpha value is -2.53. The summed E-state index contributed by atoms with van der Waals surface area (Å²) in [6.07, 6.45) is -0.137. The number of carbonyl (C=O) groups excluding carboxylic acids is 2. The van der Waals surface area contributed by atoms with Crippen LogP contribution in [-0.2, 0) is 9.53 Å². The van der Waals surface area contributed by atoms with E-state index >= 15 is 0 Å². The summed E-state index contributed by atoms with van der Waals surface area (Å²) in [6, 6.07) is 10.5. The maximum atomic E-state index is 12.6. The van der Waals surface area contributed by atoms with Crippen LogP contribution in [-0.4, -0.2) is 24.6 Å². The van der Waals surface area contributed by atoms with Crippen LogP contribution >= 0.6 is 11.6 Å². The first-order chi connectivity index (χ1) is 12.8. The average Bonchev–Trinajstić information content (AvgIpc) is 2.62. The number of aryl methyl sites for hydroxylation is 2. The van der Waals surface area contributed by atoms with E-state index in [0.29, 0.717) is 17.9 Å². The van der Waals surface area contributed by atoms with Gasteiger partial charge in [0.1, 0.15) is 5.75 Å². The largest absolute Gasteiger partial charge is 0.480 e. The van der Waals surface area contributed by atoms with Crippen molar-refractivity contribution in [3.05, 3.63) is 58.1 Å². The Morgan fingerprint density at radius 2 is 1.85 bits per heavy atom. The quantitative estimate of drug-likeness (QED) is 0.682. The number of hydrogen-bond acceptors (Lipinski definition) is 4. The fraction of sp³-hybridized carbons (Fsp3) is 0.333. The van der Waals surface area contributed by atoms with Crippen molar-refractivity contribution in [1.29, 1.82) is 0 Å². The highest BCUT2D eigenvalue weighted by Crippen LogP contribution is 2.24. The Labute approximate surface area is 164 Å². The van der Waals surface area contributed by atoms with Crippen LogP contribution in [0.25, 0.3) is 0 Å². The van der Waals surface area contributed by atoms with Crippen LogP contribution in [0.1, 0.15) is 41.8 Å². The first-order valence-electron chi connectivity index (χ1n) is 8.87. The predicted octanol–water partition coefficient (Wildman–Crippen LogP) is 4.93. The molecule has 0 aliphatic rings. The highest BCUT2D eigenvalue weighted by Gasteiger charge is 2.20. The second-order valence-corrected chi connectivity index (χ2v) is 6.60. The molecule has 0 aromatic heterocycles. The third-order valence-corrected chi connectivity index (χ3v) is 4.32. The number of rotatable bonds is 7. The Morgan fingerprint density at radius 3 is 2.48 bits per heavy atom. The van der Waals surface area contributed by atoms with Gasteiger partial charge in [0.05, 0.1) is 17.2 Å². The number of halogens is 1. The third kappa shape index (κ3) is 5.47. The number of esters is 1. The maximum absolute atomic E-state index is 12.6. The molecule has 5 nitrogen and oxygen atoms in total. The number of ether oxygens (including phenoxy) is 2. The second-order valence-electron chi connectivity index (χ2n) is 6.19. The molecule has 6 heteroatoms. The van der Waals surface area contributed by atoms with E-state index in [1.165, 1.54) is 12.1 Å². The van der Waals surface area contributed by atoms with Gasteiger partial charge in [-0.3, -0.25) is 4.79 Å². The molecule has 0 bridgehead atoms. The molecule has 0 aliphatic carbocycles. The molecule has 27 heavy (non-hydrogen) atoms. The Morgan fingerprint density at radius 1 is 1.11 bits per heavy atom. The summed E-state index contributed by atoms with van der Waals surface area (Å²) < 4.78 is 10.9. The average molecular weight is 390 g/mol. The molecule has 0 saturated carbocycles. The Bertz CT molecular complexity index is 835. The number of amides is 1. The summed E-state index contributed by atoms with van der Waals surface area (Å²) in [4.78, 5) is 24.4. The molecule has 2 aromatic rings. The van der Waals surface area contributed by atoms with Crippen LogP contribution in [0.5, 0.6) is 5.75 Å². The molecule has 1 N–H and O–H groups in total. The van der Waals surface area contributed by atoms with Crippen LogP contribution < -0.4 is 10.1 Å². The van der Waals surface area contributed by atoms with Gasteiger partial charge in [-0.1, -0.05) is 30.7 Å². The fourth-order valence-electron chi connectivity index (χ4n) is 2.50. The molecule has 1 amide bonds. The van der Waals surface area contributed by atoms with E-state index in [4.69, 9.17) is 21.1 Å². The zero-order valence-electron chi connectivity index (χ0n) is 16.0. The molecular formula is C21H24ClNO4. The minimum absolute atomic E-state index is 0.217. The lowest BCUT2D eigenvalue weighted by Gasteiger charge is -2.19. The van der Waals surface area contributed by atoms with Gasteiger partial charge >= 0.3 is 5.97 Å². The minimum Gasteiger partial charge on any atom is -0.480 e. The molecule has 0 aliphatic heterocycles. The van der Waals surface area contributed by atoms with Crippen LogP contribution in [0.3, 0.4) is 0 Å². The Kier molecular flexibility index (Phi) is 7.25. The van der Waals surface area contributed by atoms with Crippen molar-refractivity contribution in [1.82, 2.24) is 0 Å². The van der Waals surface area contributed by atoms with Crippen molar-refractivity contribution in [2.24, 2.45) is 0 Å². The Balaban J connectivity index is 2.11. The van der Waals surface area contributed by atoms with Gasteiger partial charge in [0.25, 0.3) is 5.91 Å². The topological polar surface area (TPSA) is 64.6 Å². The minimum atomic E-state index is -0.644. The smallest absolute Gasteiger partial charge is 0.339 e. The summed E-state index contributed by atoms with van der Waals surface area (Å²) in [6.45, 7) is 7.78. The standard InChI is InChI=1S/C21H24ClNO4/c1-5-18(27-19-11-13(3)7-8-14(19)4)20(24)23-15-9-10-16(17(22)12-15)21(25)26-6-2/h7-12,18H,5-6H2,1-4H3,(H,23,24)/t18-/m1/s1. The molecule has 2 rings (SSSR count). The van der Waals surface area contributed by atoms with Gasteiger partial charge in [0, 0.05) is 5.69 Å². The highest BCUT2D eigenvalue weighted by atomic mass is 35.5. The van der Waals surface area contributed by atoms with Gasteiger partial charge in [-0.05, 0) is 62.6 Å². The van der Waals surface area contributed by atoms with E-state index in [0.717, 1.165) is 11.1 Å². The summed E-state index contributed by atoms with van der Waals surface area (Å²) in [5.41, 5.74) is 2.78. The zero-order chi connectivity index (χ0) is 20.0. The number of hydrogen-bond donors (Lipinski definition) is 1. The SMILES string of the molecule is CCOC(=O)c1ccc(NC(=O)[C@@H](CC)Oc2cc(C)ccc2C)cc1Cl. The molecule has 2 aromatic carbocycles.